The Morgan fingerprint density at radius 3 is 2.83 bits per heavy atom. The van der Waals surface area contributed by atoms with Crippen molar-refractivity contribution in [3.05, 3.63) is 29.6 Å². The Labute approximate surface area is 107 Å². The molecule has 1 heterocycles. The Morgan fingerprint density at radius 2 is 2.22 bits per heavy atom. The molecule has 1 aromatic carbocycles. The van der Waals surface area contributed by atoms with E-state index in [-0.39, 0.29) is 18.5 Å². The molecule has 1 saturated heterocycles. The van der Waals surface area contributed by atoms with E-state index in [1.165, 1.54) is 12.1 Å². The fourth-order valence-electron chi connectivity index (χ4n) is 2.71. The first kappa shape index (κ1) is 13.3. The Bertz CT molecular complexity index is 422. The van der Waals surface area contributed by atoms with Crippen LogP contribution in [-0.4, -0.2) is 29.4 Å². The number of halogens is 1. The second-order valence-electron chi connectivity index (χ2n) is 5.09. The highest BCUT2D eigenvalue weighted by Gasteiger charge is 2.32. The third-order valence-electron chi connectivity index (χ3n) is 3.82. The van der Waals surface area contributed by atoms with Gasteiger partial charge in [0.15, 0.2) is 0 Å². The van der Waals surface area contributed by atoms with Gasteiger partial charge in [0.05, 0.1) is 18.8 Å². The summed E-state index contributed by atoms with van der Waals surface area (Å²) in [4.78, 5) is 2.08. The molecule has 0 spiro atoms. The predicted octanol–water partition coefficient (Wildman–Crippen LogP) is 2.09. The van der Waals surface area contributed by atoms with Crippen molar-refractivity contribution < 1.29 is 14.6 Å². The van der Waals surface area contributed by atoms with Gasteiger partial charge in [-0.05, 0) is 37.5 Å². The molecule has 3 atom stereocenters. The maximum atomic E-state index is 13.3. The lowest BCUT2D eigenvalue weighted by molar-refractivity contribution is 0.198. The molecule has 1 fully saturated rings. The summed E-state index contributed by atoms with van der Waals surface area (Å²) in [5.74, 6) is 0.0596. The molecule has 18 heavy (non-hydrogen) atoms. The van der Waals surface area contributed by atoms with Crippen molar-refractivity contribution in [3.8, 4) is 0 Å². The molecule has 2 rings (SSSR count). The molecule has 1 aliphatic heterocycles. The highest BCUT2D eigenvalue weighted by atomic mass is 19.1. The third-order valence-corrected chi connectivity index (χ3v) is 3.82. The van der Waals surface area contributed by atoms with E-state index < -0.39 is 6.10 Å². The van der Waals surface area contributed by atoms with E-state index in [2.05, 4.69) is 11.8 Å². The number of nitrogens with zero attached hydrogens (tertiary/aromatic N) is 1. The zero-order chi connectivity index (χ0) is 13.3. The van der Waals surface area contributed by atoms with Gasteiger partial charge in [0.25, 0.3) is 0 Å². The normalized spacial score (nSPS) is 25.5. The average molecular weight is 253 g/mol. The number of hydrogen-bond donors (Lipinski definition) is 2. The van der Waals surface area contributed by atoms with Crippen LogP contribution in [0.1, 0.15) is 31.9 Å². The zero-order valence-corrected chi connectivity index (χ0v) is 10.8. The molecule has 0 aromatic heterocycles. The van der Waals surface area contributed by atoms with Gasteiger partial charge in [-0.1, -0.05) is 6.92 Å². The fourth-order valence-corrected chi connectivity index (χ4v) is 2.71. The number of benzene rings is 1. The monoisotopic (exact) mass is 253 g/mol. The van der Waals surface area contributed by atoms with Crippen molar-refractivity contribution >= 4 is 5.69 Å². The smallest absolute Gasteiger partial charge is 0.123 e. The average Bonchev–Trinajstić information content (AvgIpc) is 2.70. The molecule has 3 nitrogen and oxygen atoms in total. The Balaban J connectivity index is 2.38. The summed E-state index contributed by atoms with van der Waals surface area (Å²) in [6.07, 6.45) is 0.285. The van der Waals surface area contributed by atoms with Gasteiger partial charge in [-0.2, -0.15) is 0 Å². The third kappa shape index (κ3) is 2.35. The molecule has 0 saturated carbocycles. The maximum absolute atomic E-state index is 13.3. The molecule has 1 aromatic rings. The van der Waals surface area contributed by atoms with Crippen LogP contribution in [0.15, 0.2) is 18.2 Å². The summed E-state index contributed by atoms with van der Waals surface area (Å²) in [5.41, 5.74) is 1.41. The van der Waals surface area contributed by atoms with Gasteiger partial charge in [-0.3, -0.25) is 0 Å². The zero-order valence-electron chi connectivity index (χ0n) is 10.8. The summed E-state index contributed by atoms with van der Waals surface area (Å²) < 4.78 is 13.3. The molecule has 3 unspecified atom stereocenters. The molecule has 4 heteroatoms. The number of hydrogen-bond acceptors (Lipinski definition) is 3. The van der Waals surface area contributed by atoms with E-state index in [0.717, 1.165) is 18.7 Å². The van der Waals surface area contributed by atoms with Crippen LogP contribution in [0.25, 0.3) is 0 Å². The van der Waals surface area contributed by atoms with Crippen LogP contribution in [-0.2, 0) is 0 Å². The van der Waals surface area contributed by atoms with Crippen molar-refractivity contribution in [2.24, 2.45) is 5.92 Å². The van der Waals surface area contributed by atoms with Crippen LogP contribution < -0.4 is 4.90 Å². The number of anilines is 1. The van der Waals surface area contributed by atoms with Gasteiger partial charge in [0, 0.05) is 17.8 Å². The topological polar surface area (TPSA) is 43.7 Å². The van der Waals surface area contributed by atoms with Crippen LogP contribution in [0, 0.1) is 11.7 Å². The summed E-state index contributed by atoms with van der Waals surface area (Å²) in [7, 11) is 0. The molecular weight excluding hydrogens is 233 g/mol. The van der Waals surface area contributed by atoms with Crippen molar-refractivity contribution in [1.82, 2.24) is 0 Å². The molecule has 1 aliphatic rings. The fraction of sp³-hybridized carbons (Fsp3) is 0.571. The van der Waals surface area contributed by atoms with Crippen molar-refractivity contribution in [2.45, 2.75) is 32.4 Å². The van der Waals surface area contributed by atoms with Crippen molar-refractivity contribution in [3.63, 3.8) is 0 Å². The van der Waals surface area contributed by atoms with E-state index in [1.54, 1.807) is 13.0 Å². The maximum Gasteiger partial charge on any atom is 0.123 e. The highest BCUT2D eigenvalue weighted by molar-refractivity contribution is 5.56. The SMILES string of the molecule is CC(O)c1cc(F)ccc1N1CCC(C)C1CO. The quantitative estimate of drug-likeness (QED) is 0.867. The van der Waals surface area contributed by atoms with E-state index in [4.69, 9.17) is 0 Å². The molecule has 100 valence electrons. The van der Waals surface area contributed by atoms with Gasteiger partial charge in [-0.25, -0.2) is 4.39 Å². The highest BCUT2D eigenvalue weighted by Crippen LogP contribution is 2.34. The molecule has 0 amide bonds. The minimum atomic E-state index is -0.717. The van der Waals surface area contributed by atoms with Gasteiger partial charge >= 0.3 is 0 Å². The van der Waals surface area contributed by atoms with Crippen LogP contribution >= 0.6 is 0 Å². The van der Waals surface area contributed by atoms with E-state index in [0.29, 0.717) is 11.5 Å². The molecular formula is C14H20FNO2. The van der Waals surface area contributed by atoms with Crippen LogP contribution in [0.3, 0.4) is 0 Å². The van der Waals surface area contributed by atoms with Crippen LogP contribution in [0.4, 0.5) is 10.1 Å². The first-order chi connectivity index (χ1) is 8.54. The number of aliphatic hydroxyl groups is 2. The number of rotatable bonds is 3. The molecule has 0 aliphatic carbocycles. The van der Waals surface area contributed by atoms with Crippen LogP contribution in [0.2, 0.25) is 0 Å². The first-order valence-electron chi connectivity index (χ1n) is 6.39. The lowest BCUT2D eigenvalue weighted by atomic mass is 10.0. The molecule has 0 radical (unpaired) electrons. The lowest BCUT2D eigenvalue weighted by Gasteiger charge is -2.30. The second kappa shape index (κ2) is 5.24. The summed E-state index contributed by atoms with van der Waals surface area (Å²) in [5, 5.41) is 19.2. The Morgan fingerprint density at radius 1 is 1.50 bits per heavy atom. The van der Waals surface area contributed by atoms with E-state index >= 15 is 0 Å². The van der Waals surface area contributed by atoms with Gasteiger partial charge in [0.2, 0.25) is 0 Å². The Hall–Kier alpha value is -1.13. The summed E-state index contributed by atoms with van der Waals surface area (Å²) in [6.45, 7) is 4.65. The van der Waals surface area contributed by atoms with Gasteiger partial charge < -0.3 is 15.1 Å². The summed E-state index contributed by atoms with van der Waals surface area (Å²) >= 11 is 0. The minimum Gasteiger partial charge on any atom is -0.394 e. The van der Waals surface area contributed by atoms with E-state index in [1.807, 2.05) is 0 Å². The Kier molecular flexibility index (Phi) is 3.88. The standard InChI is InChI=1S/C14H20FNO2/c1-9-5-6-16(14(9)8-17)13-4-3-11(15)7-12(13)10(2)18/h3-4,7,9-10,14,17-18H,5-6,8H2,1-2H3. The summed E-state index contributed by atoms with van der Waals surface area (Å²) in [6, 6.07) is 4.52. The lowest BCUT2D eigenvalue weighted by Crippen LogP contribution is -2.35. The molecule has 2 N–H and O–H groups in total. The minimum absolute atomic E-state index is 0.0490. The van der Waals surface area contributed by atoms with Crippen LogP contribution in [0.5, 0.6) is 0 Å². The predicted molar refractivity (Wildman–Crippen MR) is 69.0 cm³/mol. The molecule has 0 bridgehead atoms. The first-order valence-corrected chi connectivity index (χ1v) is 6.39. The number of aliphatic hydroxyl groups excluding tert-OH is 2. The van der Waals surface area contributed by atoms with Crippen molar-refractivity contribution in [2.75, 3.05) is 18.1 Å². The van der Waals surface area contributed by atoms with E-state index in [9.17, 15) is 14.6 Å². The van der Waals surface area contributed by atoms with Gasteiger partial charge in [0.1, 0.15) is 5.82 Å². The van der Waals surface area contributed by atoms with Gasteiger partial charge in [-0.15, -0.1) is 0 Å². The largest absolute Gasteiger partial charge is 0.394 e. The van der Waals surface area contributed by atoms with Crippen molar-refractivity contribution in [1.29, 1.82) is 0 Å². The second-order valence-corrected chi connectivity index (χ2v) is 5.09.